The summed E-state index contributed by atoms with van der Waals surface area (Å²) in [5.74, 6) is 1.98. The van der Waals surface area contributed by atoms with Gasteiger partial charge >= 0.3 is 0 Å². The smallest absolute Gasteiger partial charge is 0.0872 e. The van der Waals surface area contributed by atoms with E-state index in [2.05, 4.69) is 0 Å². The average Bonchev–Trinajstić information content (AvgIpc) is 2.39. The number of rotatable bonds is 0. The molecular weight excluding hydrogens is 100 g/mol. The van der Waals surface area contributed by atoms with Gasteiger partial charge in [0, 0.05) is 0 Å². The van der Waals surface area contributed by atoms with Crippen LogP contribution in [0.15, 0.2) is 0 Å². The van der Waals surface area contributed by atoms with Crippen molar-refractivity contribution in [3.63, 3.8) is 0 Å². The van der Waals surface area contributed by atoms with Crippen molar-refractivity contribution in [1.29, 1.82) is 0 Å². The second-order valence-electron chi connectivity index (χ2n) is 3.40. The molecule has 3 aliphatic rings. The highest BCUT2D eigenvalue weighted by atomic mass is 16.6. The standard InChI is InChI=1S/C7H10O/c1-2-5-3-4(1)6-7(5)8-6/h4-7H,1-3H2/t4-,5+,6-,7-/m1/s1. The summed E-state index contributed by atoms with van der Waals surface area (Å²) in [5, 5.41) is 0. The monoisotopic (exact) mass is 110 g/mol. The average molecular weight is 110 g/mol. The second-order valence-corrected chi connectivity index (χ2v) is 3.40. The van der Waals surface area contributed by atoms with Crippen molar-refractivity contribution in [3.05, 3.63) is 0 Å². The molecule has 8 heavy (non-hydrogen) atoms. The molecule has 0 N–H and O–H groups in total. The Morgan fingerprint density at radius 3 is 2.00 bits per heavy atom. The molecule has 2 saturated carbocycles. The number of hydrogen-bond donors (Lipinski definition) is 0. The van der Waals surface area contributed by atoms with Gasteiger partial charge in [-0.1, -0.05) is 0 Å². The van der Waals surface area contributed by atoms with E-state index in [4.69, 9.17) is 4.74 Å². The van der Waals surface area contributed by atoms with E-state index in [9.17, 15) is 0 Å². The van der Waals surface area contributed by atoms with Crippen LogP contribution < -0.4 is 0 Å². The maximum absolute atomic E-state index is 5.44. The molecule has 0 aromatic rings. The lowest BCUT2D eigenvalue weighted by Gasteiger charge is -1.99. The quantitative estimate of drug-likeness (QED) is 0.427. The summed E-state index contributed by atoms with van der Waals surface area (Å²) in [7, 11) is 0. The molecule has 44 valence electrons. The van der Waals surface area contributed by atoms with Gasteiger partial charge in [0.1, 0.15) is 0 Å². The van der Waals surface area contributed by atoms with E-state index < -0.39 is 0 Å². The van der Waals surface area contributed by atoms with Crippen molar-refractivity contribution < 1.29 is 4.74 Å². The fourth-order valence-corrected chi connectivity index (χ4v) is 2.54. The maximum atomic E-state index is 5.44. The van der Waals surface area contributed by atoms with Crippen LogP contribution in [0.4, 0.5) is 0 Å². The lowest BCUT2D eigenvalue weighted by molar-refractivity contribution is 0.264. The van der Waals surface area contributed by atoms with Gasteiger partial charge in [0.05, 0.1) is 12.2 Å². The molecule has 2 bridgehead atoms. The van der Waals surface area contributed by atoms with Crippen LogP contribution in [-0.2, 0) is 4.74 Å². The molecule has 0 spiro atoms. The molecular formula is C7H10O. The van der Waals surface area contributed by atoms with Crippen LogP contribution >= 0.6 is 0 Å². The van der Waals surface area contributed by atoms with Gasteiger partial charge < -0.3 is 4.74 Å². The largest absolute Gasteiger partial charge is 0.369 e. The van der Waals surface area contributed by atoms with E-state index in [1.54, 1.807) is 0 Å². The molecule has 0 amide bonds. The maximum Gasteiger partial charge on any atom is 0.0872 e. The van der Waals surface area contributed by atoms with Crippen molar-refractivity contribution in [2.24, 2.45) is 11.8 Å². The summed E-state index contributed by atoms with van der Waals surface area (Å²) in [6.07, 6.45) is 5.91. The summed E-state index contributed by atoms with van der Waals surface area (Å²) in [5.41, 5.74) is 0. The third-order valence-corrected chi connectivity index (χ3v) is 3.00. The first-order chi connectivity index (χ1) is 3.95. The molecule has 1 nitrogen and oxygen atoms in total. The van der Waals surface area contributed by atoms with Gasteiger partial charge in [-0.15, -0.1) is 0 Å². The highest BCUT2D eigenvalue weighted by Gasteiger charge is 2.59. The highest BCUT2D eigenvalue weighted by molar-refractivity contribution is 5.07. The van der Waals surface area contributed by atoms with Crippen molar-refractivity contribution in [2.45, 2.75) is 31.5 Å². The van der Waals surface area contributed by atoms with Crippen LogP contribution in [0.3, 0.4) is 0 Å². The molecule has 1 heteroatoms. The third kappa shape index (κ3) is 0.278. The molecule has 3 rings (SSSR count). The van der Waals surface area contributed by atoms with Crippen molar-refractivity contribution in [1.82, 2.24) is 0 Å². The normalized spacial score (nSPS) is 66.0. The first kappa shape index (κ1) is 3.89. The van der Waals surface area contributed by atoms with Crippen LogP contribution in [0.1, 0.15) is 19.3 Å². The first-order valence-corrected chi connectivity index (χ1v) is 3.60. The molecule has 1 saturated heterocycles. The minimum Gasteiger partial charge on any atom is -0.369 e. The topological polar surface area (TPSA) is 12.5 Å². The minimum absolute atomic E-state index is 0.744. The van der Waals surface area contributed by atoms with E-state index in [1.165, 1.54) is 19.3 Å². The molecule has 4 atom stereocenters. The Labute approximate surface area is 49.0 Å². The Morgan fingerprint density at radius 2 is 1.62 bits per heavy atom. The van der Waals surface area contributed by atoms with E-state index in [1.807, 2.05) is 0 Å². The zero-order valence-corrected chi connectivity index (χ0v) is 4.84. The number of ether oxygens (including phenoxy) is 1. The molecule has 1 aliphatic heterocycles. The third-order valence-electron chi connectivity index (χ3n) is 3.00. The Hall–Kier alpha value is -0.0400. The molecule has 3 fully saturated rings. The van der Waals surface area contributed by atoms with E-state index in [-0.39, 0.29) is 0 Å². The lowest BCUT2D eigenvalue weighted by Crippen LogP contribution is -2.04. The molecule has 1 heterocycles. The zero-order valence-electron chi connectivity index (χ0n) is 4.84. The molecule has 2 aliphatic carbocycles. The van der Waals surface area contributed by atoms with E-state index in [0.29, 0.717) is 0 Å². The SMILES string of the molecule is C1C[C@H]2C[C@@H]1[C@H]1O[C@H]21. The van der Waals surface area contributed by atoms with Crippen molar-refractivity contribution in [2.75, 3.05) is 0 Å². The number of epoxide rings is 1. The van der Waals surface area contributed by atoms with Gasteiger partial charge in [-0.05, 0) is 31.1 Å². The summed E-state index contributed by atoms with van der Waals surface area (Å²) in [4.78, 5) is 0. The summed E-state index contributed by atoms with van der Waals surface area (Å²) in [6.45, 7) is 0. The zero-order chi connectivity index (χ0) is 5.14. The van der Waals surface area contributed by atoms with Crippen LogP contribution in [-0.4, -0.2) is 12.2 Å². The van der Waals surface area contributed by atoms with Crippen LogP contribution in [0.5, 0.6) is 0 Å². The first-order valence-electron chi connectivity index (χ1n) is 3.60. The summed E-state index contributed by atoms with van der Waals surface area (Å²) >= 11 is 0. The minimum atomic E-state index is 0.744. The predicted octanol–water partition coefficient (Wildman–Crippen LogP) is 1.18. The van der Waals surface area contributed by atoms with E-state index in [0.717, 1.165) is 24.0 Å². The van der Waals surface area contributed by atoms with E-state index >= 15 is 0 Å². The van der Waals surface area contributed by atoms with Gasteiger partial charge in [-0.25, -0.2) is 0 Å². The number of fused-ring (bicyclic) bond motifs is 5. The Bertz CT molecular complexity index is 118. The van der Waals surface area contributed by atoms with Gasteiger partial charge in [0.2, 0.25) is 0 Å². The molecule has 0 aromatic carbocycles. The second kappa shape index (κ2) is 0.971. The summed E-state index contributed by atoms with van der Waals surface area (Å²) < 4.78 is 5.44. The van der Waals surface area contributed by atoms with Crippen molar-refractivity contribution in [3.8, 4) is 0 Å². The van der Waals surface area contributed by atoms with Crippen LogP contribution in [0.2, 0.25) is 0 Å². The highest BCUT2D eigenvalue weighted by Crippen LogP contribution is 2.55. The predicted molar refractivity (Wildman–Crippen MR) is 29.5 cm³/mol. The molecule has 0 radical (unpaired) electrons. The van der Waals surface area contributed by atoms with Gasteiger partial charge in [-0.2, -0.15) is 0 Å². The summed E-state index contributed by atoms with van der Waals surface area (Å²) in [6, 6.07) is 0. The van der Waals surface area contributed by atoms with Gasteiger partial charge in [-0.3, -0.25) is 0 Å². The molecule has 0 aromatic heterocycles. The Morgan fingerprint density at radius 1 is 1.00 bits per heavy atom. The fraction of sp³-hybridized carbons (Fsp3) is 1.00. The van der Waals surface area contributed by atoms with Gasteiger partial charge in [0.15, 0.2) is 0 Å². The molecule has 0 unspecified atom stereocenters. The fourth-order valence-electron chi connectivity index (χ4n) is 2.54. The lowest BCUT2D eigenvalue weighted by atomic mass is 10.0. The van der Waals surface area contributed by atoms with Crippen LogP contribution in [0.25, 0.3) is 0 Å². The van der Waals surface area contributed by atoms with Gasteiger partial charge in [0.25, 0.3) is 0 Å². The number of hydrogen-bond acceptors (Lipinski definition) is 1. The van der Waals surface area contributed by atoms with Crippen molar-refractivity contribution >= 4 is 0 Å². The van der Waals surface area contributed by atoms with Crippen LogP contribution in [0, 0.1) is 11.8 Å². The Balaban J connectivity index is 2.02. The Kier molecular flexibility index (Phi) is 0.472.